The molecule has 0 saturated carbocycles. The zero-order valence-electron chi connectivity index (χ0n) is 14.3. The third-order valence-electron chi connectivity index (χ3n) is 3.19. The Morgan fingerprint density at radius 3 is 2.48 bits per heavy atom. The first-order valence-corrected chi connectivity index (χ1v) is 8.90. The van der Waals surface area contributed by atoms with Crippen LogP contribution in [0.2, 0.25) is 0 Å². The van der Waals surface area contributed by atoms with Crippen molar-refractivity contribution >= 4 is 22.0 Å². The summed E-state index contributed by atoms with van der Waals surface area (Å²) < 4.78 is 31.8. The molecule has 25 heavy (non-hydrogen) atoms. The van der Waals surface area contributed by atoms with E-state index in [-0.39, 0.29) is 22.8 Å². The number of ether oxygens (including phenoxy) is 1. The van der Waals surface area contributed by atoms with Crippen molar-refractivity contribution < 1.29 is 17.9 Å². The van der Waals surface area contributed by atoms with Gasteiger partial charge in [0.05, 0.1) is 12.0 Å². The quantitative estimate of drug-likeness (QED) is 0.828. The number of urea groups is 1. The van der Waals surface area contributed by atoms with E-state index in [1.54, 1.807) is 25.1 Å². The number of aryl methyl sites for hydroxylation is 1. The monoisotopic (exact) mass is 365 g/mol. The highest BCUT2D eigenvalue weighted by atomic mass is 32.2. The van der Waals surface area contributed by atoms with E-state index in [4.69, 9.17) is 4.74 Å². The van der Waals surface area contributed by atoms with Gasteiger partial charge < -0.3 is 4.74 Å². The van der Waals surface area contributed by atoms with Crippen molar-refractivity contribution in [3.8, 4) is 6.01 Å². The molecule has 134 valence electrons. The van der Waals surface area contributed by atoms with Crippen LogP contribution in [0.1, 0.15) is 31.2 Å². The zero-order chi connectivity index (χ0) is 18.6. The standard InChI is InChI=1S/C15H19N5O4S/c1-9(2)11-7-5-6-8-12(11)25(22,23)20-14(21)18-13-16-10(3)17-15(19-13)24-4/h5-9H,1-4H3,(H2,16,17,18,19,20,21). The number of nitrogens with one attached hydrogen (secondary N) is 2. The molecule has 2 rings (SSSR count). The van der Waals surface area contributed by atoms with Crippen molar-refractivity contribution in [2.75, 3.05) is 12.4 Å². The molecule has 2 aromatic rings. The summed E-state index contributed by atoms with van der Waals surface area (Å²) in [6, 6.07) is 5.52. The Bertz CT molecular complexity index is 883. The number of aromatic nitrogens is 3. The van der Waals surface area contributed by atoms with Gasteiger partial charge in [-0.1, -0.05) is 32.0 Å². The number of carbonyl (C=O) groups is 1. The Balaban J connectivity index is 2.21. The number of nitrogens with zero attached hydrogens (tertiary/aromatic N) is 3. The molecule has 0 atom stereocenters. The average Bonchev–Trinajstić information content (AvgIpc) is 2.53. The number of hydrogen-bond acceptors (Lipinski definition) is 7. The van der Waals surface area contributed by atoms with Gasteiger partial charge in [-0.15, -0.1) is 0 Å². The van der Waals surface area contributed by atoms with Gasteiger partial charge in [-0.25, -0.2) is 17.9 Å². The predicted octanol–water partition coefficient (Wildman–Crippen LogP) is 1.82. The second kappa shape index (κ2) is 7.43. The fourth-order valence-corrected chi connectivity index (χ4v) is 3.39. The molecule has 0 saturated heterocycles. The van der Waals surface area contributed by atoms with Gasteiger partial charge in [-0.05, 0) is 24.5 Å². The number of amides is 2. The summed E-state index contributed by atoms with van der Waals surface area (Å²) in [7, 11) is -2.68. The van der Waals surface area contributed by atoms with E-state index in [1.165, 1.54) is 13.2 Å². The summed E-state index contributed by atoms with van der Waals surface area (Å²) in [6.45, 7) is 5.32. The van der Waals surface area contributed by atoms with Crippen LogP contribution in [0.25, 0.3) is 0 Å². The van der Waals surface area contributed by atoms with Crippen LogP contribution in [0, 0.1) is 6.92 Å². The lowest BCUT2D eigenvalue weighted by Crippen LogP contribution is -2.35. The Morgan fingerprint density at radius 2 is 1.84 bits per heavy atom. The number of sulfonamides is 1. The van der Waals surface area contributed by atoms with Gasteiger partial charge in [-0.2, -0.15) is 15.0 Å². The Morgan fingerprint density at radius 1 is 1.16 bits per heavy atom. The molecule has 2 amide bonds. The fraction of sp³-hybridized carbons (Fsp3) is 0.333. The minimum absolute atomic E-state index is 0.0100. The van der Waals surface area contributed by atoms with Crippen molar-refractivity contribution in [2.45, 2.75) is 31.6 Å². The van der Waals surface area contributed by atoms with Gasteiger partial charge in [0, 0.05) is 0 Å². The molecule has 1 aromatic heterocycles. The molecule has 0 unspecified atom stereocenters. The summed E-state index contributed by atoms with van der Waals surface area (Å²) in [5.41, 5.74) is 0.612. The normalized spacial score (nSPS) is 11.2. The topological polar surface area (TPSA) is 123 Å². The molecule has 0 aliphatic heterocycles. The van der Waals surface area contributed by atoms with Crippen LogP contribution in [0.3, 0.4) is 0 Å². The van der Waals surface area contributed by atoms with Crippen molar-refractivity contribution in [2.24, 2.45) is 0 Å². The summed E-state index contributed by atoms with van der Waals surface area (Å²) >= 11 is 0. The Hall–Kier alpha value is -2.75. The third-order valence-corrected chi connectivity index (χ3v) is 4.60. The highest BCUT2D eigenvalue weighted by Gasteiger charge is 2.22. The molecule has 1 aromatic carbocycles. The van der Waals surface area contributed by atoms with Crippen LogP contribution in [0.5, 0.6) is 6.01 Å². The van der Waals surface area contributed by atoms with Crippen LogP contribution in [0.4, 0.5) is 10.7 Å². The Kier molecular flexibility index (Phi) is 5.52. The van der Waals surface area contributed by atoms with Gasteiger partial charge in [0.15, 0.2) is 0 Å². The SMILES string of the molecule is COc1nc(C)nc(NC(=O)NS(=O)(=O)c2ccccc2C(C)C)n1. The third kappa shape index (κ3) is 4.63. The first-order valence-electron chi connectivity index (χ1n) is 7.42. The summed E-state index contributed by atoms with van der Waals surface area (Å²) in [4.78, 5) is 23.7. The lowest BCUT2D eigenvalue weighted by Gasteiger charge is -2.14. The molecular formula is C15H19N5O4S. The summed E-state index contributed by atoms with van der Waals surface area (Å²) in [6.07, 6.45) is 0. The smallest absolute Gasteiger partial charge is 0.335 e. The molecule has 0 aliphatic carbocycles. The van der Waals surface area contributed by atoms with Gasteiger partial charge in [0.2, 0.25) is 5.95 Å². The molecule has 0 aliphatic rings. The van der Waals surface area contributed by atoms with E-state index < -0.39 is 16.1 Å². The lowest BCUT2D eigenvalue weighted by atomic mass is 10.0. The van der Waals surface area contributed by atoms with Gasteiger partial charge in [0.1, 0.15) is 5.82 Å². The number of rotatable bonds is 5. The number of carbonyl (C=O) groups excluding carboxylic acids is 1. The molecule has 0 fully saturated rings. The predicted molar refractivity (Wildman–Crippen MR) is 91.0 cm³/mol. The molecule has 2 N–H and O–H groups in total. The highest BCUT2D eigenvalue weighted by Crippen LogP contribution is 2.23. The molecular weight excluding hydrogens is 346 g/mol. The first-order chi connectivity index (χ1) is 11.7. The molecule has 0 spiro atoms. The van der Waals surface area contributed by atoms with E-state index in [1.807, 2.05) is 18.6 Å². The van der Waals surface area contributed by atoms with Gasteiger partial charge in [-0.3, -0.25) is 5.32 Å². The highest BCUT2D eigenvalue weighted by molar-refractivity contribution is 7.90. The first kappa shape index (κ1) is 18.6. The molecule has 1 heterocycles. The summed E-state index contributed by atoms with van der Waals surface area (Å²) in [5.74, 6) is 0.177. The molecule has 10 heteroatoms. The Labute approximate surface area is 145 Å². The number of methoxy groups -OCH3 is 1. The maximum atomic E-state index is 12.5. The van der Waals surface area contributed by atoms with Crippen molar-refractivity contribution in [1.29, 1.82) is 0 Å². The minimum Gasteiger partial charge on any atom is -0.467 e. The van der Waals surface area contributed by atoms with Crippen molar-refractivity contribution in [3.05, 3.63) is 35.7 Å². The zero-order valence-corrected chi connectivity index (χ0v) is 15.1. The van der Waals surface area contributed by atoms with Crippen LogP contribution in [-0.4, -0.2) is 36.5 Å². The van der Waals surface area contributed by atoms with E-state index in [0.717, 1.165) is 0 Å². The van der Waals surface area contributed by atoms with Crippen LogP contribution in [-0.2, 0) is 10.0 Å². The van der Waals surface area contributed by atoms with Crippen molar-refractivity contribution in [1.82, 2.24) is 19.7 Å². The van der Waals surface area contributed by atoms with E-state index in [2.05, 4.69) is 20.3 Å². The second-order valence-corrected chi connectivity index (χ2v) is 7.10. The fourth-order valence-electron chi connectivity index (χ4n) is 2.11. The largest absolute Gasteiger partial charge is 0.467 e. The van der Waals surface area contributed by atoms with Crippen LogP contribution >= 0.6 is 0 Å². The van der Waals surface area contributed by atoms with E-state index in [9.17, 15) is 13.2 Å². The minimum atomic E-state index is -4.05. The molecule has 0 radical (unpaired) electrons. The van der Waals surface area contributed by atoms with E-state index in [0.29, 0.717) is 11.4 Å². The number of anilines is 1. The van der Waals surface area contributed by atoms with Crippen LogP contribution in [0.15, 0.2) is 29.2 Å². The number of hydrogen-bond donors (Lipinski definition) is 2. The molecule has 9 nitrogen and oxygen atoms in total. The maximum absolute atomic E-state index is 12.5. The average molecular weight is 365 g/mol. The van der Waals surface area contributed by atoms with Crippen molar-refractivity contribution in [3.63, 3.8) is 0 Å². The van der Waals surface area contributed by atoms with Gasteiger partial charge in [0.25, 0.3) is 10.0 Å². The second-order valence-electron chi connectivity index (χ2n) is 5.45. The van der Waals surface area contributed by atoms with E-state index >= 15 is 0 Å². The summed E-state index contributed by atoms with van der Waals surface area (Å²) in [5, 5.41) is 2.26. The lowest BCUT2D eigenvalue weighted by molar-refractivity contribution is 0.256. The number of benzene rings is 1. The molecule has 0 bridgehead atoms. The maximum Gasteiger partial charge on any atom is 0.335 e. The van der Waals surface area contributed by atoms with Gasteiger partial charge >= 0.3 is 12.0 Å². The van der Waals surface area contributed by atoms with Crippen LogP contribution < -0.4 is 14.8 Å².